The minimum atomic E-state index is -0.628. The predicted octanol–water partition coefficient (Wildman–Crippen LogP) is 1.48. The van der Waals surface area contributed by atoms with Gasteiger partial charge in [0.2, 0.25) is 0 Å². The second-order valence-corrected chi connectivity index (χ2v) is 2.23. The molecule has 0 bridgehead atoms. The predicted molar refractivity (Wildman–Crippen MR) is 44.4 cm³/mol. The molecule has 0 aliphatic rings. The van der Waals surface area contributed by atoms with Gasteiger partial charge in [0.05, 0.1) is 12.0 Å². The number of para-hydroxylation sites is 1. The highest BCUT2D eigenvalue weighted by Crippen LogP contribution is 2.29. The number of nitrogens with zero attached hydrogens (tertiary/aromatic N) is 2. The van der Waals surface area contributed by atoms with Crippen LogP contribution in [-0.2, 0) is 0 Å². The molecule has 5 nitrogen and oxygen atoms in total. The fraction of sp³-hybridized carbons (Fsp3) is 0.125. The van der Waals surface area contributed by atoms with Gasteiger partial charge in [-0.3, -0.25) is 10.1 Å². The van der Waals surface area contributed by atoms with Crippen LogP contribution in [0.25, 0.3) is 0 Å². The highest BCUT2D eigenvalue weighted by atomic mass is 16.6. The number of rotatable bonds is 2. The molecule has 0 amide bonds. The Morgan fingerprint density at radius 3 is 2.77 bits per heavy atom. The minimum Gasteiger partial charge on any atom is -0.490 e. The SMILES string of the molecule is COc1cccc(C#N)c1[N+](=O)[O-]. The molecule has 0 saturated heterocycles. The lowest BCUT2D eigenvalue weighted by Gasteiger charge is -2.00. The molecule has 0 spiro atoms. The van der Waals surface area contributed by atoms with Crippen molar-refractivity contribution >= 4 is 5.69 Å². The Kier molecular flexibility index (Phi) is 2.45. The standard InChI is InChI=1S/C8H6N2O3/c1-13-7-4-2-3-6(5-9)8(7)10(11)12/h2-4H,1H3. The summed E-state index contributed by atoms with van der Waals surface area (Å²) in [5.41, 5.74) is -0.281. The van der Waals surface area contributed by atoms with Crippen LogP contribution in [0.5, 0.6) is 5.75 Å². The molecule has 0 aliphatic carbocycles. The lowest BCUT2D eigenvalue weighted by molar-refractivity contribution is -0.386. The van der Waals surface area contributed by atoms with Crippen molar-refractivity contribution in [3.63, 3.8) is 0 Å². The smallest absolute Gasteiger partial charge is 0.328 e. The van der Waals surface area contributed by atoms with Crippen molar-refractivity contribution in [3.8, 4) is 11.8 Å². The zero-order chi connectivity index (χ0) is 9.84. The Morgan fingerprint density at radius 2 is 2.31 bits per heavy atom. The van der Waals surface area contributed by atoms with E-state index in [9.17, 15) is 10.1 Å². The molecule has 0 unspecified atom stereocenters. The number of hydrogen-bond donors (Lipinski definition) is 0. The molecule has 0 N–H and O–H groups in total. The van der Waals surface area contributed by atoms with Crippen LogP contribution in [0.1, 0.15) is 5.56 Å². The van der Waals surface area contributed by atoms with E-state index in [-0.39, 0.29) is 17.0 Å². The third kappa shape index (κ3) is 1.56. The fourth-order valence-corrected chi connectivity index (χ4v) is 0.966. The Bertz CT molecular complexity index is 381. The molecule has 1 aromatic rings. The number of benzene rings is 1. The van der Waals surface area contributed by atoms with Crippen LogP contribution in [0.4, 0.5) is 5.69 Å². The maximum Gasteiger partial charge on any atom is 0.328 e. The van der Waals surface area contributed by atoms with Gasteiger partial charge in [-0.1, -0.05) is 6.07 Å². The fourth-order valence-electron chi connectivity index (χ4n) is 0.966. The molecule has 0 atom stereocenters. The van der Waals surface area contributed by atoms with Gasteiger partial charge in [0, 0.05) is 0 Å². The number of nitro groups is 1. The van der Waals surface area contributed by atoms with Gasteiger partial charge in [-0.05, 0) is 12.1 Å². The Morgan fingerprint density at radius 1 is 1.62 bits per heavy atom. The van der Waals surface area contributed by atoms with E-state index >= 15 is 0 Å². The molecule has 5 heteroatoms. The molecule has 66 valence electrons. The number of hydrogen-bond acceptors (Lipinski definition) is 4. The molecule has 0 heterocycles. The van der Waals surface area contributed by atoms with Gasteiger partial charge in [0.25, 0.3) is 0 Å². The topological polar surface area (TPSA) is 76.2 Å². The Labute approximate surface area is 74.3 Å². The first-order valence-corrected chi connectivity index (χ1v) is 3.42. The quantitative estimate of drug-likeness (QED) is 0.507. The van der Waals surface area contributed by atoms with E-state index in [0.717, 1.165) is 0 Å². The van der Waals surface area contributed by atoms with Crippen LogP contribution in [0.3, 0.4) is 0 Å². The van der Waals surface area contributed by atoms with Crippen molar-refractivity contribution < 1.29 is 9.66 Å². The summed E-state index contributed by atoms with van der Waals surface area (Å²) in [7, 11) is 1.32. The van der Waals surface area contributed by atoms with Crippen LogP contribution in [-0.4, -0.2) is 12.0 Å². The first-order chi connectivity index (χ1) is 6.20. The summed E-state index contributed by atoms with van der Waals surface area (Å²) >= 11 is 0. The molecule has 0 aliphatic heterocycles. The zero-order valence-electron chi connectivity index (χ0n) is 6.85. The van der Waals surface area contributed by atoms with Gasteiger partial charge in [-0.25, -0.2) is 0 Å². The van der Waals surface area contributed by atoms with E-state index in [1.807, 2.05) is 0 Å². The van der Waals surface area contributed by atoms with Crippen molar-refractivity contribution in [2.75, 3.05) is 7.11 Å². The van der Waals surface area contributed by atoms with Gasteiger partial charge in [-0.15, -0.1) is 0 Å². The maximum absolute atomic E-state index is 10.5. The molecular formula is C8H6N2O3. The van der Waals surface area contributed by atoms with Gasteiger partial charge >= 0.3 is 5.69 Å². The van der Waals surface area contributed by atoms with Crippen LogP contribution in [0, 0.1) is 21.4 Å². The van der Waals surface area contributed by atoms with E-state index in [1.165, 1.54) is 25.3 Å². The highest BCUT2D eigenvalue weighted by Gasteiger charge is 2.19. The van der Waals surface area contributed by atoms with Gasteiger partial charge in [-0.2, -0.15) is 5.26 Å². The summed E-state index contributed by atoms with van der Waals surface area (Å²) in [6.07, 6.45) is 0. The summed E-state index contributed by atoms with van der Waals surface area (Å²) in [4.78, 5) is 9.91. The zero-order valence-corrected chi connectivity index (χ0v) is 6.85. The Hall–Kier alpha value is -2.09. The first kappa shape index (κ1) is 9.00. The van der Waals surface area contributed by atoms with Crippen molar-refractivity contribution in [2.45, 2.75) is 0 Å². The first-order valence-electron chi connectivity index (χ1n) is 3.42. The maximum atomic E-state index is 10.5. The van der Waals surface area contributed by atoms with Gasteiger partial charge in [0.1, 0.15) is 11.6 Å². The second-order valence-electron chi connectivity index (χ2n) is 2.23. The van der Waals surface area contributed by atoms with Gasteiger partial charge < -0.3 is 4.74 Å². The average molecular weight is 178 g/mol. The monoisotopic (exact) mass is 178 g/mol. The molecule has 0 saturated carbocycles. The summed E-state index contributed by atoms with van der Waals surface area (Å²) in [5.74, 6) is 0.101. The van der Waals surface area contributed by atoms with Crippen LogP contribution < -0.4 is 4.74 Å². The molecule has 1 rings (SSSR count). The van der Waals surface area contributed by atoms with E-state index < -0.39 is 4.92 Å². The lowest BCUT2D eigenvalue weighted by atomic mass is 10.2. The number of methoxy groups -OCH3 is 1. The van der Waals surface area contributed by atoms with Crippen LogP contribution >= 0.6 is 0 Å². The molecular weight excluding hydrogens is 172 g/mol. The molecule has 1 aromatic carbocycles. The van der Waals surface area contributed by atoms with Crippen molar-refractivity contribution in [1.29, 1.82) is 5.26 Å². The van der Waals surface area contributed by atoms with Crippen molar-refractivity contribution in [2.24, 2.45) is 0 Å². The van der Waals surface area contributed by atoms with Crippen molar-refractivity contribution in [1.82, 2.24) is 0 Å². The van der Waals surface area contributed by atoms with E-state index in [0.29, 0.717) is 0 Å². The van der Waals surface area contributed by atoms with Crippen LogP contribution in [0.2, 0.25) is 0 Å². The second kappa shape index (κ2) is 3.54. The summed E-state index contributed by atoms with van der Waals surface area (Å²) in [6, 6.07) is 6.08. The average Bonchev–Trinajstić information content (AvgIpc) is 2.16. The molecule has 0 radical (unpaired) electrons. The lowest BCUT2D eigenvalue weighted by Crippen LogP contribution is -1.96. The number of nitro benzene ring substituents is 1. The third-order valence-corrected chi connectivity index (χ3v) is 1.52. The largest absolute Gasteiger partial charge is 0.490 e. The normalized spacial score (nSPS) is 8.92. The highest BCUT2D eigenvalue weighted by molar-refractivity contribution is 5.57. The summed E-state index contributed by atoms with van der Waals surface area (Å²) in [6.45, 7) is 0. The number of ether oxygens (including phenoxy) is 1. The molecule has 0 aromatic heterocycles. The van der Waals surface area contributed by atoms with E-state index in [2.05, 4.69) is 0 Å². The van der Waals surface area contributed by atoms with Gasteiger partial charge in [0.15, 0.2) is 5.75 Å². The molecule has 0 fully saturated rings. The number of nitriles is 1. The van der Waals surface area contributed by atoms with E-state index in [4.69, 9.17) is 10.00 Å². The Balaban J connectivity index is 3.41. The summed E-state index contributed by atoms with van der Waals surface area (Å²) in [5, 5.41) is 19.1. The van der Waals surface area contributed by atoms with Crippen LogP contribution in [0.15, 0.2) is 18.2 Å². The van der Waals surface area contributed by atoms with Crippen molar-refractivity contribution in [3.05, 3.63) is 33.9 Å². The minimum absolute atomic E-state index is 0.00403. The summed E-state index contributed by atoms with van der Waals surface area (Å²) < 4.78 is 4.76. The third-order valence-electron chi connectivity index (χ3n) is 1.52. The van der Waals surface area contributed by atoms with E-state index in [1.54, 1.807) is 6.07 Å². The molecule has 13 heavy (non-hydrogen) atoms.